The van der Waals surface area contributed by atoms with Crippen LogP contribution in [0.4, 0.5) is 17.1 Å². The molecule has 0 aliphatic carbocycles. The molecule has 3 aromatic carbocycles. The minimum Gasteiger partial charge on any atom is -0.310 e. The predicted octanol–water partition coefficient (Wildman–Crippen LogP) is 6.37. The Hall–Kier alpha value is -2.39. The topological polar surface area (TPSA) is 20.3 Å². The van der Waals surface area contributed by atoms with Crippen LogP contribution in [0.25, 0.3) is 0 Å². The highest BCUT2D eigenvalue weighted by atomic mass is 79.9. The summed E-state index contributed by atoms with van der Waals surface area (Å²) in [5, 5.41) is 0. The highest BCUT2D eigenvalue weighted by Crippen LogP contribution is 2.52. The summed E-state index contributed by atoms with van der Waals surface area (Å²) in [6, 6.07) is 22.7. The number of hydrogen-bond acceptors (Lipinski definition) is 2. The van der Waals surface area contributed by atoms with Gasteiger partial charge in [0.05, 0.1) is 11.4 Å². The number of carbonyl (C=O) groups is 1. The van der Waals surface area contributed by atoms with Crippen molar-refractivity contribution in [3.63, 3.8) is 0 Å². The number of para-hydroxylation sites is 1. The van der Waals surface area contributed by atoms with Gasteiger partial charge >= 0.3 is 0 Å². The fourth-order valence-corrected chi connectivity index (χ4v) is 4.02. The molecule has 0 aromatic heterocycles. The molecule has 3 aromatic rings. The van der Waals surface area contributed by atoms with E-state index in [1.807, 2.05) is 30.3 Å². The number of aldehydes is 1. The van der Waals surface area contributed by atoms with Crippen LogP contribution < -0.4 is 4.90 Å². The molecule has 0 bridgehead atoms. The lowest BCUT2D eigenvalue weighted by Crippen LogP contribution is -2.30. The fourth-order valence-electron chi connectivity index (χ4n) is 3.66. The maximum Gasteiger partial charge on any atom is 0.150 e. The second kappa shape index (κ2) is 5.85. The van der Waals surface area contributed by atoms with Gasteiger partial charge in [-0.05, 0) is 59.7 Å². The van der Waals surface area contributed by atoms with E-state index in [1.54, 1.807) is 0 Å². The molecule has 0 spiro atoms. The van der Waals surface area contributed by atoms with E-state index >= 15 is 0 Å². The largest absolute Gasteiger partial charge is 0.310 e. The second-order valence-electron chi connectivity index (χ2n) is 6.85. The lowest BCUT2D eigenvalue weighted by atomic mass is 9.73. The Morgan fingerprint density at radius 3 is 2.20 bits per heavy atom. The van der Waals surface area contributed by atoms with Crippen molar-refractivity contribution < 1.29 is 4.79 Å². The number of hydrogen-bond donors (Lipinski definition) is 0. The SMILES string of the molecule is CC1(C)c2cc(Br)ccc2N(c2ccccc2)c2ccc(C=O)cc21. The molecule has 25 heavy (non-hydrogen) atoms. The van der Waals surface area contributed by atoms with Crippen LogP contribution in [0.2, 0.25) is 0 Å². The van der Waals surface area contributed by atoms with Crippen LogP contribution in [-0.4, -0.2) is 6.29 Å². The third-order valence-electron chi connectivity index (χ3n) is 4.96. The van der Waals surface area contributed by atoms with Crippen molar-refractivity contribution in [2.45, 2.75) is 19.3 Å². The van der Waals surface area contributed by atoms with Gasteiger partial charge in [0.15, 0.2) is 0 Å². The maximum atomic E-state index is 11.3. The number of fused-ring (bicyclic) bond motifs is 2. The third-order valence-corrected chi connectivity index (χ3v) is 5.45. The highest BCUT2D eigenvalue weighted by molar-refractivity contribution is 9.10. The quantitative estimate of drug-likeness (QED) is 0.472. The predicted molar refractivity (Wildman–Crippen MR) is 106 cm³/mol. The van der Waals surface area contributed by atoms with Crippen molar-refractivity contribution in [2.75, 3.05) is 4.90 Å². The standard InChI is InChI=1S/C22H18BrNO/c1-22(2)18-12-15(14-25)8-10-20(18)24(17-6-4-3-5-7-17)21-11-9-16(23)13-19(21)22/h3-14H,1-2H3. The van der Waals surface area contributed by atoms with Crippen LogP contribution in [0, 0.1) is 0 Å². The molecule has 0 unspecified atom stereocenters. The number of carbonyl (C=O) groups excluding carboxylic acids is 1. The van der Waals surface area contributed by atoms with Crippen molar-refractivity contribution in [3.05, 3.63) is 87.9 Å². The monoisotopic (exact) mass is 391 g/mol. The van der Waals surface area contributed by atoms with E-state index in [0.717, 1.165) is 27.7 Å². The van der Waals surface area contributed by atoms with Crippen LogP contribution in [0.15, 0.2) is 71.2 Å². The first-order valence-corrected chi connectivity index (χ1v) is 9.06. The first-order valence-electron chi connectivity index (χ1n) is 8.27. The van der Waals surface area contributed by atoms with Gasteiger partial charge in [0.1, 0.15) is 6.29 Å². The second-order valence-corrected chi connectivity index (χ2v) is 7.77. The molecule has 0 radical (unpaired) electrons. The number of nitrogens with zero attached hydrogens (tertiary/aromatic N) is 1. The summed E-state index contributed by atoms with van der Waals surface area (Å²) in [5.41, 5.74) is 6.31. The van der Waals surface area contributed by atoms with E-state index in [4.69, 9.17) is 0 Å². The van der Waals surface area contributed by atoms with Crippen LogP contribution in [0.5, 0.6) is 0 Å². The minimum atomic E-state index is -0.196. The van der Waals surface area contributed by atoms with E-state index in [-0.39, 0.29) is 5.41 Å². The van der Waals surface area contributed by atoms with E-state index < -0.39 is 0 Å². The zero-order chi connectivity index (χ0) is 17.6. The lowest BCUT2D eigenvalue weighted by molar-refractivity contribution is 0.112. The molecular weight excluding hydrogens is 374 g/mol. The van der Waals surface area contributed by atoms with Gasteiger partial charge in [-0.25, -0.2) is 0 Å². The van der Waals surface area contributed by atoms with Crippen molar-refractivity contribution in [3.8, 4) is 0 Å². The Bertz CT molecular complexity index is 963. The summed E-state index contributed by atoms with van der Waals surface area (Å²) >= 11 is 3.61. The Kier molecular flexibility index (Phi) is 3.77. The first kappa shape index (κ1) is 16.1. The Balaban J connectivity index is 2.06. The highest BCUT2D eigenvalue weighted by Gasteiger charge is 2.37. The van der Waals surface area contributed by atoms with E-state index in [0.29, 0.717) is 5.56 Å². The molecule has 3 heteroatoms. The van der Waals surface area contributed by atoms with Gasteiger partial charge in [0.25, 0.3) is 0 Å². The molecule has 0 N–H and O–H groups in total. The summed E-state index contributed by atoms with van der Waals surface area (Å²) in [6.45, 7) is 4.43. The Morgan fingerprint density at radius 1 is 0.880 bits per heavy atom. The molecule has 1 aliphatic rings. The van der Waals surface area contributed by atoms with Crippen LogP contribution in [0.3, 0.4) is 0 Å². The smallest absolute Gasteiger partial charge is 0.150 e. The maximum absolute atomic E-state index is 11.3. The van der Waals surface area contributed by atoms with Crippen LogP contribution in [-0.2, 0) is 5.41 Å². The van der Waals surface area contributed by atoms with Crippen molar-refractivity contribution in [2.24, 2.45) is 0 Å². The summed E-state index contributed by atoms with van der Waals surface area (Å²) in [6.07, 6.45) is 0.916. The Labute approximate surface area is 156 Å². The third kappa shape index (κ3) is 2.50. The normalized spacial score (nSPS) is 14.6. The molecular formula is C22H18BrNO. The van der Waals surface area contributed by atoms with Gasteiger partial charge in [-0.15, -0.1) is 0 Å². The van der Waals surface area contributed by atoms with Crippen LogP contribution >= 0.6 is 15.9 Å². The average molecular weight is 392 g/mol. The molecule has 0 atom stereocenters. The summed E-state index contributed by atoms with van der Waals surface area (Å²) in [4.78, 5) is 13.6. The number of benzene rings is 3. The summed E-state index contributed by atoms with van der Waals surface area (Å²) < 4.78 is 1.06. The molecule has 124 valence electrons. The zero-order valence-electron chi connectivity index (χ0n) is 14.2. The van der Waals surface area contributed by atoms with Crippen LogP contribution in [0.1, 0.15) is 35.3 Å². The summed E-state index contributed by atoms with van der Waals surface area (Å²) in [5.74, 6) is 0. The summed E-state index contributed by atoms with van der Waals surface area (Å²) in [7, 11) is 0. The molecule has 0 saturated carbocycles. The average Bonchev–Trinajstić information content (AvgIpc) is 2.63. The first-order chi connectivity index (χ1) is 12.0. The van der Waals surface area contributed by atoms with E-state index in [9.17, 15) is 4.79 Å². The van der Waals surface area contributed by atoms with Gasteiger partial charge in [-0.1, -0.05) is 48.0 Å². The molecule has 0 amide bonds. The molecule has 0 fully saturated rings. The van der Waals surface area contributed by atoms with Gasteiger partial charge in [-0.3, -0.25) is 4.79 Å². The minimum absolute atomic E-state index is 0.196. The number of rotatable bonds is 2. The number of halogens is 1. The van der Waals surface area contributed by atoms with E-state index in [2.05, 4.69) is 71.1 Å². The van der Waals surface area contributed by atoms with E-state index in [1.165, 1.54) is 11.3 Å². The lowest BCUT2D eigenvalue weighted by Gasteiger charge is -2.42. The van der Waals surface area contributed by atoms with Crippen molar-refractivity contribution >= 4 is 39.3 Å². The molecule has 0 saturated heterocycles. The van der Waals surface area contributed by atoms with Crippen molar-refractivity contribution in [1.82, 2.24) is 0 Å². The molecule has 2 nitrogen and oxygen atoms in total. The number of anilines is 3. The molecule has 1 heterocycles. The van der Waals surface area contributed by atoms with Gasteiger partial charge in [0.2, 0.25) is 0 Å². The fraction of sp³-hybridized carbons (Fsp3) is 0.136. The Morgan fingerprint density at radius 2 is 1.52 bits per heavy atom. The van der Waals surface area contributed by atoms with Crippen molar-refractivity contribution in [1.29, 1.82) is 0 Å². The van der Waals surface area contributed by atoms with Gasteiger partial charge in [0, 0.05) is 21.1 Å². The zero-order valence-corrected chi connectivity index (χ0v) is 15.7. The van der Waals surface area contributed by atoms with Gasteiger partial charge < -0.3 is 4.90 Å². The van der Waals surface area contributed by atoms with Gasteiger partial charge in [-0.2, -0.15) is 0 Å². The molecule has 4 rings (SSSR count). The molecule has 1 aliphatic heterocycles.